The maximum Gasteiger partial charge on any atom is 0.329 e. The van der Waals surface area contributed by atoms with E-state index < -0.39 is 11.8 Å². The van der Waals surface area contributed by atoms with E-state index in [9.17, 15) is 14.7 Å². The van der Waals surface area contributed by atoms with Crippen LogP contribution in [-0.2, 0) is 9.59 Å². The minimum absolute atomic E-state index is 0.0284. The van der Waals surface area contributed by atoms with Crippen LogP contribution in [0.15, 0.2) is 71.8 Å². The molecule has 0 aliphatic carbocycles. The maximum atomic E-state index is 12.0. The van der Waals surface area contributed by atoms with Gasteiger partial charge in [0.25, 0.3) is 0 Å². The molecule has 0 atom stereocenters. The Morgan fingerprint density at radius 3 is 2.44 bits per heavy atom. The summed E-state index contributed by atoms with van der Waals surface area (Å²) in [5.74, 6) is -1.70. The van der Waals surface area contributed by atoms with Crippen molar-refractivity contribution in [3.63, 3.8) is 0 Å². The van der Waals surface area contributed by atoms with Crippen molar-refractivity contribution >= 4 is 34.5 Å². The van der Waals surface area contributed by atoms with E-state index in [2.05, 4.69) is 15.8 Å². The standard InChI is InChI=1S/C19H15N3O3/c23-17-11-4-2-7-14(17)12-20-22-19(25)18(24)21-16-10-5-8-13-6-1-3-9-15(13)16/h1-12,23H,(H,21,24)(H,22,25)/b20-12+. The van der Waals surface area contributed by atoms with Gasteiger partial charge in [-0.3, -0.25) is 9.59 Å². The van der Waals surface area contributed by atoms with Crippen molar-refractivity contribution in [3.05, 3.63) is 72.3 Å². The van der Waals surface area contributed by atoms with Gasteiger partial charge in [-0.25, -0.2) is 5.43 Å². The first kappa shape index (κ1) is 16.2. The Hall–Kier alpha value is -3.67. The van der Waals surface area contributed by atoms with Gasteiger partial charge in [-0.05, 0) is 23.6 Å². The monoisotopic (exact) mass is 333 g/mol. The van der Waals surface area contributed by atoms with E-state index in [4.69, 9.17) is 0 Å². The van der Waals surface area contributed by atoms with Crippen molar-refractivity contribution in [1.29, 1.82) is 0 Å². The van der Waals surface area contributed by atoms with Gasteiger partial charge in [-0.1, -0.05) is 48.5 Å². The third-order valence-electron chi connectivity index (χ3n) is 3.55. The quantitative estimate of drug-likeness (QED) is 0.391. The van der Waals surface area contributed by atoms with Crippen molar-refractivity contribution in [1.82, 2.24) is 5.43 Å². The number of nitrogens with zero attached hydrogens (tertiary/aromatic N) is 1. The van der Waals surface area contributed by atoms with Crippen LogP contribution in [-0.4, -0.2) is 23.1 Å². The van der Waals surface area contributed by atoms with Gasteiger partial charge in [-0.2, -0.15) is 5.10 Å². The fraction of sp³-hybridized carbons (Fsp3) is 0. The highest BCUT2D eigenvalue weighted by molar-refractivity contribution is 6.40. The molecule has 0 fully saturated rings. The van der Waals surface area contributed by atoms with E-state index in [0.29, 0.717) is 11.3 Å². The molecule has 0 aliphatic heterocycles. The zero-order chi connectivity index (χ0) is 17.6. The Kier molecular flexibility index (Phi) is 4.71. The van der Waals surface area contributed by atoms with Gasteiger partial charge < -0.3 is 10.4 Å². The van der Waals surface area contributed by atoms with Crippen LogP contribution < -0.4 is 10.7 Å². The number of nitrogens with one attached hydrogen (secondary N) is 2. The van der Waals surface area contributed by atoms with Gasteiger partial charge in [-0.15, -0.1) is 0 Å². The topological polar surface area (TPSA) is 90.8 Å². The van der Waals surface area contributed by atoms with E-state index in [-0.39, 0.29) is 5.75 Å². The molecule has 3 rings (SSSR count). The van der Waals surface area contributed by atoms with E-state index in [0.717, 1.165) is 10.8 Å². The highest BCUT2D eigenvalue weighted by Crippen LogP contribution is 2.22. The van der Waals surface area contributed by atoms with Crippen molar-refractivity contribution in [2.45, 2.75) is 0 Å². The number of para-hydroxylation sites is 1. The number of carbonyl (C=O) groups is 2. The van der Waals surface area contributed by atoms with Crippen molar-refractivity contribution in [2.24, 2.45) is 5.10 Å². The van der Waals surface area contributed by atoms with Crippen LogP contribution in [0, 0.1) is 0 Å². The average molecular weight is 333 g/mol. The van der Waals surface area contributed by atoms with E-state index in [1.807, 2.05) is 30.3 Å². The fourth-order valence-electron chi connectivity index (χ4n) is 2.32. The number of hydrazone groups is 1. The van der Waals surface area contributed by atoms with Crippen LogP contribution in [0.5, 0.6) is 5.75 Å². The molecule has 6 nitrogen and oxygen atoms in total. The zero-order valence-electron chi connectivity index (χ0n) is 13.1. The Labute approximate surface area is 143 Å². The number of hydrogen-bond acceptors (Lipinski definition) is 4. The molecule has 0 heterocycles. The van der Waals surface area contributed by atoms with Crippen LogP contribution in [0.25, 0.3) is 10.8 Å². The summed E-state index contributed by atoms with van der Waals surface area (Å²) in [7, 11) is 0. The summed E-state index contributed by atoms with van der Waals surface area (Å²) < 4.78 is 0. The third kappa shape index (κ3) is 3.81. The highest BCUT2D eigenvalue weighted by Gasteiger charge is 2.14. The van der Waals surface area contributed by atoms with Gasteiger partial charge in [0.2, 0.25) is 0 Å². The van der Waals surface area contributed by atoms with Crippen LogP contribution in [0.1, 0.15) is 5.56 Å². The molecule has 0 saturated heterocycles. The normalized spacial score (nSPS) is 10.7. The molecule has 3 aromatic rings. The van der Waals surface area contributed by atoms with Gasteiger partial charge in [0.05, 0.1) is 6.21 Å². The van der Waals surface area contributed by atoms with Crippen molar-refractivity contribution in [3.8, 4) is 5.75 Å². The Morgan fingerprint density at radius 2 is 1.60 bits per heavy atom. The number of hydrogen-bond donors (Lipinski definition) is 3. The van der Waals surface area contributed by atoms with E-state index in [1.165, 1.54) is 12.3 Å². The molecule has 3 aromatic carbocycles. The number of aromatic hydroxyl groups is 1. The number of benzene rings is 3. The second-order valence-electron chi connectivity index (χ2n) is 5.24. The van der Waals surface area contributed by atoms with Crippen molar-refractivity contribution in [2.75, 3.05) is 5.32 Å². The summed E-state index contributed by atoms with van der Waals surface area (Å²) in [6.45, 7) is 0. The molecule has 3 N–H and O–H groups in total. The molecule has 0 aliphatic rings. The molecule has 6 heteroatoms. The number of carbonyl (C=O) groups excluding carboxylic acids is 2. The predicted octanol–water partition coefficient (Wildman–Crippen LogP) is 2.63. The lowest BCUT2D eigenvalue weighted by molar-refractivity contribution is -0.136. The number of fused-ring (bicyclic) bond motifs is 1. The molecule has 25 heavy (non-hydrogen) atoms. The number of rotatable bonds is 3. The smallest absolute Gasteiger partial charge is 0.329 e. The zero-order valence-corrected chi connectivity index (χ0v) is 13.1. The lowest BCUT2D eigenvalue weighted by Crippen LogP contribution is -2.32. The van der Waals surface area contributed by atoms with Crippen LogP contribution in [0.4, 0.5) is 5.69 Å². The molecule has 124 valence electrons. The van der Waals surface area contributed by atoms with Gasteiger partial charge in [0.15, 0.2) is 0 Å². The number of phenolic OH excluding ortho intramolecular Hbond substituents is 1. The van der Waals surface area contributed by atoms with Gasteiger partial charge in [0, 0.05) is 16.6 Å². The van der Waals surface area contributed by atoms with Gasteiger partial charge in [0.1, 0.15) is 5.75 Å². The largest absolute Gasteiger partial charge is 0.507 e. The SMILES string of the molecule is O=C(N/N=C/c1ccccc1O)C(=O)Nc1cccc2ccccc12. The first-order valence-corrected chi connectivity index (χ1v) is 7.55. The third-order valence-corrected chi connectivity index (χ3v) is 3.55. The molecule has 0 saturated carbocycles. The molecule has 0 unspecified atom stereocenters. The molecule has 0 spiro atoms. The maximum absolute atomic E-state index is 12.0. The summed E-state index contributed by atoms with van der Waals surface area (Å²) in [6.07, 6.45) is 1.26. The highest BCUT2D eigenvalue weighted by atomic mass is 16.3. The first-order valence-electron chi connectivity index (χ1n) is 7.55. The van der Waals surface area contributed by atoms with Gasteiger partial charge >= 0.3 is 11.8 Å². The minimum Gasteiger partial charge on any atom is -0.507 e. The Morgan fingerprint density at radius 1 is 0.880 bits per heavy atom. The summed E-state index contributed by atoms with van der Waals surface area (Å²) >= 11 is 0. The number of amides is 2. The molecular formula is C19H15N3O3. The molecule has 0 aromatic heterocycles. The second kappa shape index (κ2) is 7.27. The van der Waals surface area contributed by atoms with E-state index in [1.54, 1.807) is 30.3 Å². The summed E-state index contributed by atoms with van der Waals surface area (Å²) in [5, 5.41) is 17.6. The second-order valence-corrected chi connectivity index (χ2v) is 5.24. The molecule has 0 bridgehead atoms. The van der Waals surface area contributed by atoms with Crippen LogP contribution in [0.2, 0.25) is 0 Å². The first-order chi connectivity index (χ1) is 12.1. The van der Waals surface area contributed by atoms with Crippen LogP contribution >= 0.6 is 0 Å². The number of anilines is 1. The Bertz CT molecular complexity index is 962. The fourth-order valence-corrected chi connectivity index (χ4v) is 2.32. The predicted molar refractivity (Wildman–Crippen MR) is 96.4 cm³/mol. The lowest BCUT2D eigenvalue weighted by Gasteiger charge is -2.07. The molecular weight excluding hydrogens is 318 g/mol. The summed E-state index contributed by atoms with van der Waals surface area (Å²) in [4.78, 5) is 23.9. The Balaban J connectivity index is 1.67. The molecule has 2 amide bonds. The lowest BCUT2D eigenvalue weighted by atomic mass is 10.1. The molecule has 0 radical (unpaired) electrons. The van der Waals surface area contributed by atoms with Crippen LogP contribution in [0.3, 0.4) is 0 Å². The van der Waals surface area contributed by atoms with Crippen molar-refractivity contribution < 1.29 is 14.7 Å². The minimum atomic E-state index is -0.903. The average Bonchev–Trinajstić information content (AvgIpc) is 2.63. The number of phenols is 1. The summed E-state index contributed by atoms with van der Waals surface area (Å²) in [5.41, 5.74) is 3.11. The van der Waals surface area contributed by atoms with E-state index >= 15 is 0 Å². The summed E-state index contributed by atoms with van der Waals surface area (Å²) in [6, 6.07) is 19.5.